The van der Waals surface area contributed by atoms with E-state index < -0.39 is 11.6 Å². The molecule has 0 bridgehead atoms. The van der Waals surface area contributed by atoms with Gasteiger partial charge in [-0.05, 0) is 26.0 Å². The van der Waals surface area contributed by atoms with Crippen LogP contribution in [0.2, 0.25) is 0 Å². The van der Waals surface area contributed by atoms with Crippen molar-refractivity contribution < 1.29 is 23.5 Å². The Morgan fingerprint density at radius 2 is 1.82 bits per heavy atom. The third-order valence-corrected chi connectivity index (χ3v) is 2.41. The van der Waals surface area contributed by atoms with E-state index in [2.05, 4.69) is 4.74 Å². The molecule has 94 valence electrons. The Morgan fingerprint density at radius 3 is 2.35 bits per heavy atom. The van der Waals surface area contributed by atoms with E-state index in [1.54, 1.807) is 13.8 Å². The topological polar surface area (TPSA) is 65.7 Å². The fourth-order valence-corrected chi connectivity index (χ4v) is 1.24. The molecule has 0 spiro atoms. The minimum atomic E-state index is -0.602. The van der Waals surface area contributed by atoms with Gasteiger partial charge in [0.2, 0.25) is 11.5 Å². The highest BCUT2D eigenvalue weighted by molar-refractivity contribution is 5.95. The van der Waals surface area contributed by atoms with Gasteiger partial charge in [-0.15, -0.1) is 0 Å². The number of methoxy groups -OCH3 is 2. The highest BCUT2D eigenvalue weighted by atomic mass is 16.5. The molecule has 0 radical (unpaired) electrons. The Hall–Kier alpha value is -1.62. The molecule has 0 aliphatic heterocycles. The lowest BCUT2D eigenvalue weighted by atomic mass is 10.0. The molecular weight excluding hydrogens is 224 g/mol. The number of ether oxygens (including phenoxy) is 2. The molecule has 0 atom stereocenters. The first-order valence-electron chi connectivity index (χ1n) is 5.16. The van der Waals surface area contributed by atoms with Crippen molar-refractivity contribution in [2.24, 2.45) is 0 Å². The van der Waals surface area contributed by atoms with Gasteiger partial charge < -0.3 is 13.9 Å². The number of rotatable bonds is 5. The Labute approximate surface area is 99.7 Å². The standard InChI is InChI=1S/C12H16O5/c1-12(2,16-4)7-8(13)9-5-6-10(17-9)11(14)15-3/h5-6H,7H2,1-4H3. The summed E-state index contributed by atoms with van der Waals surface area (Å²) in [5.74, 6) is -0.663. The molecule has 0 amide bonds. The highest BCUT2D eigenvalue weighted by Gasteiger charge is 2.24. The van der Waals surface area contributed by atoms with E-state index >= 15 is 0 Å². The molecule has 0 fully saturated rings. The number of carbonyl (C=O) groups excluding carboxylic acids is 2. The summed E-state index contributed by atoms with van der Waals surface area (Å²) < 4.78 is 14.7. The maximum absolute atomic E-state index is 11.8. The molecule has 0 aliphatic carbocycles. The molecule has 0 unspecified atom stereocenters. The van der Waals surface area contributed by atoms with Crippen LogP contribution < -0.4 is 0 Å². The predicted octanol–water partition coefficient (Wildman–Crippen LogP) is 2.06. The molecule has 1 heterocycles. The fourth-order valence-electron chi connectivity index (χ4n) is 1.24. The smallest absolute Gasteiger partial charge is 0.373 e. The summed E-state index contributed by atoms with van der Waals surface area (Å²) in [5.41, 5.74) is -0.560. The van der Waals surface area contributed by atoms with Gasteiger partial charge in [-0.25, -0.2) is 4.79 Å². The number of esters is 1. The van der Waals surface area contributed by atoms with Crippen LogP contribution in [0.4, 0.5) is 0 Å². The number of Topliss-reactive ketones (excluding diaryl/α,β-unsaturated/α-hetero) is 1. The van der Waals surface area contributed by atoms with Crippen molar-refractivity contribution in [3.05, 3.63) is 23.7 Å². The monoisotopic (exact) mass is 240 g/mol. The fraction of sp³-hybridized carbons (Fsp3) is 0.500. The Balaban J connectivity index is 2.77. The van der Waals surface area contributed by atoms with Gasteiger partial charge >= 0.3 is 5.97 Å². The molecule has 0 saturated carbocycles. The van der Waals surface area contributed by atoms with E-state index in [1.165, 1.54) is 26.4 Å². The lowest BCUT2D eigenvalue weighted by molar-refractivity contribution is 0.0163. The van der Waals surface area contributed by atoms with Crippen molar-refractivity contribution in [2.75, 3.05) is 14.2 Å². The van der Waals surface area contributed by atoms with Gasteiger partial charge in [0.05, 0.1) is 12.7 Å². The molecule has 0 N–H and O–H groups in total. The summed E-state index contributed by atoms with van der Waals surface area (Å²) in [6.45, 7) is 3.60. The Bertz CT molecular complexity index is 416. The molecule has 5 nitrogen and oxygen atoms in total. The van der Waals surface area contributed by atoms with Gasteiger partial charge in [-0.3, -0.25) is 4.79 Å². The van der Waals surface area contributed by atoms with Gasteiger partial charge in [0.15, 0.2) is 5.76 Å². The number of carbonyl (C=O) groups is 2. The SMILES string of the molecule is COC(=O)c1ccc(C(=O)CC(C)(C)OC)o1. The molecule has 17 heavy (non-hydrogen) atoms. The molecular formula is C12H16O5. The molecule has 0 aromatic carbocycles. The highest BCUT2D eigenvalue weighted by Crippen LogP contribution is 2.18. The van der Waals surface area contributed by atoms with Crippen molar-refractivity contribution in [1.82, 2.24) is 0 Å². The van der Waals surface area contributed by atoms with Gasteiger partial charge in [-0.1, -0.05) is 0 Å². The van der Waals surface area contributed by atoms with E-state index in [-0.39, 0.29) is 23.7 Å². The van der Waals surface area contributed by atoms with Crippen LogP contribution in [0.15, 0.2) is 16.5 Å². The second-order valence-corrected chi connectivity index (χ2v) is 4.22. The Morgan fingerprint density at radius 1 is 1.24 bits per heavy atom. The zero-order valence-electron chi connectivity index (χ0n) is 10.4. The summed E-state index contributed by atoms with van der Waals surface area (Å²) in [5, 5.41) is 0. The van der Waals surface area contributed by atoms with E-state index in [9.17, 15) is 9.59 Å². The molecule has 1 aromatic heterocycles. The molecule has 0 saturated heterocycles. The molecule has 1 rings (SSSR count). The summed E-state index contributed by atoms with van der Waals surface area (Å²) in [4.78, 5) is 23.0. The molecule has 5 heteroatoms. The minimum absolute atomic E-state index is 0.0195. The van der Waals surface area contributed by atoms with Crippen LogP contribution in [0.5, 0.6) is 0 Å². The van der Waals surface area contributed by atoms with Crippen LogP contribution >= 0.6 is 0 Å². The van der Waals surface area contributed by atoms with Crippen LogP contribution in [0.1, 0.15) is 41.4 Å². The van der Waals surface area contributed by atoms with Gasteiger partial charge in [0.25, 0.3) is 0 Å². The van der Waals surface area contributed by atoms with E-state index in [1.807, 2.05) is 0 Å². The average Bonchev–Trinajstić information content (AvgIpc) is 2.77. The average molecular weight is 240 g/mol. The van der Waals surface area contributed by atoms with Crippen molar-refractivity contribution in [1.29, 1.82) is 0 Å². The van der Waals surface area contributed by atoms with Crippen molar-refractivity contribution in [3.8, 4) is 0 Å². The van der Waals surface area contributed by atoms with Crippen molar-refractivity contribution in [2.45, 2.75) is 25.9 Å². The van der Waals surface area contributed by atoms with E-state index in [0.29, 0.717) is 0 Å². The second-order valence-electron chi connectivity index (χ2n) is 4.22. The van der Waals surface area contributed by atoms with E-state index in [0.717, 1.165) is 0 Å². The third kappa shape index (κ3) is 3.42. The first-order valence-corrected chi connectivity index (χ1v) is 5.16. The van der Waals surface area contributed by atoms with Crippen LogP contribution in [0, 0.1) is 0 Å². The summed E-state index contributed by atoms with van der Waals surface area (Å²) in [6.07, 6.45) is 0.178. The van der Waals surface area contributed by atoms with Crippen LogP contribution in [0.25, 0.3) is 0 Å². The third-order valence-electron chi connectivity index (χ3n) is 2.41. The largest absolute Gasteiger partial charge is 0.463 e. The summed E-state index contributed by atoms with van der Waals surface area (Å²) in [6, 6.07) is 2.87. The summed E-state index contributed by atoms with van der Waals surface area (Å²) in [7, 11) is 2.79. The second kappa shape index (κ2) is 5.14. The Kier molecular flexibility index (Phi) is 4.07. The number of furan rings is 1. The maximum Gasteiger partial charge on any atom is 0.373 e. The van der Waals surface area contributed by atoms with Gasteiger partial charge in [-0.2, -0.15) is 0 Å². The van der Waals surface area contributed by atoms with Crippen molar-refractivity contribution in [3.63, 3.8) is 0 Å². The quantitative estimate of drug-likeness (QED) is 0.582. The van der Waals surface area contributed by atoms with Gasteiger partial charge in [0.1, 0.15) is 0 Å². The van der Waals surface area contributed by atoms with Crippen LogP contribution in [0.3, 0.4) is 0 Å². The number of hydrogen-bond donors (Lipinski definition) is 0. The van der Waals surface area contributed by atoms with Crippen molar-refractivity contribution >= 4 is 11.8 Å². The zero-order chi connectivity index (χ0) is 13.1. The molecule has 0 aliphatic rings. The maximum atomic E-state index is 11.8. The number of hydrogen-bond acceptors (Lipinski definition) is 5. The molecule has 1 aromatic rings. The minimum Gasteiger partial charge on any atom is -0.463 e. The van der Waals surface area contributed by atoms with E-state index in [4.69, 9.17) is 9.15 Å². The van der Waals surface area contributed by atoms with Crippen LogP contribution in [-0.4, -0.2) is 31.6 Å². The van der Waals surface area contributed by atoms with Gasteiger partial charge in [0, 0.05) is 13.5 Å². The lowest BCUT2D eigenvalue weighted by Gasteiger charge is -2.20. The lowest BCUT2D eigenvalue weighted by Crippen LogP contribution is -2.26. The number of ketones is 1. The summed E-state index contributed by atoms with van der Waals surface area (Å²) >= 11 is 0. The first-order chi connectivity index (χ1) is 7.89. The zero-order valence-corrected chi connectivity index (χ0v) is 10.4. The normalized spacial score (nSPS) is 11.3. The predicted molar refractivity (Wildman–Crippen MR) is 60.1 cm³/mol. The first kappa shape index (κ1) is 13.4. The van der Waals surface area contributed by atoms with Crippen LogP contribution in [-0.2, 0) is 9.47 Å².